The molecule has 1 fully saturated rings. The fourth-order valence-corrected chi connectivity index (χ4v) is 6.13. The van der Waals surface area contributed by atoms with Crippen molar-refractivity contribution in [2.45, 2.75) is 58.0 Å². The highest BCUT2D eigenvalue weighted by Crippen LogP contribution is 2.30. The van der Waals surface area contributed by atoms with Crippen molar-refractivity contribution in [1.82, 2.24) is 19.7 Å². The van der Waals surface area contributed by atoms with Crippen LogP contribution in [0, 0.1) is 12.8 Å². The fourth-order valence-electron chi connectivity index (χ4n) is 6.13. The average Bonchev–Trinajstić information content (AvgIpc) is 3.60. The quantitative estimate of drug-likeness (QED) is 0.344. The van der Waals surface area contributed by atoms with Gasteiger partial charge < -0.3 is 14.7 Å². The predicted octanol–water partition coefficient (Wildman–Crippen LogP) is 5.08. The van der Waals surface area contributed by atoms with Crippen molar-refractivity contribution in [2.75, 3.05) is 38.2 Å². The zero-order chi connectivity index (χ0) is 28.9. The number of benzene rings is 1. The molecule has 0 aliphatic carbocycles. The first-order valence-corrected chi connectivity index (χ1v) is 14.3. The highest BCUT2D eigenvalue weighted by Gasteiger charge is 2.28. The molecule has 4 heterocycles. The Bertz CT molecular complexity index is 1390. The fraction of sp³-hybridized carbons (Fsp3) is 0.484. The first-order valence-electron chi connectivity index (χ1n) is 14.3. The van der Waals surface area contributed by atoms with Gasteiger partial charge in [0.25, 0.3) is 0 Å². The Balaban J connectivity index is 1.23. The molecule has 0 saturated carbocycles. The molecule has 0 spiro atoms. The second-order valence-corrected chi connectivity index (χ2v) is 11.2. The van der Waals surface area contributed by atoms with Gasteiger partial charge in [-0.25, -0.2) is 18.9 Å². The molecule has 2 atom stereocenters. The number of aromatic nitrogens is 3. The van der Waals surface area contributed by atoms with Crippen LogP contribution in [0.25, 0.3) is 5.69 Å². The first-order chi connectivity index (χ1) is 19.8. The van der Waals surface area contributed by atoms with E-state index in [0.29, 0.717) is 24.0 Å². The summed E-state index contributed by atoms with van der Waals surface area (Å²) >= 11 is 0. The number of nitrogens with zero attached hydrogens (tertiary/aromatic N) is 5. The van der Waals surface area contributed by atoms with E-state index >= 15 is 0 Å². The summed E-state index contributed by atoms with van der Waals surface area (Å²) in [5, 5.41) is 13.9. The molecule has 1 unspecified atom stereocenters. The molecule has 2 aromatic heterocycles. The van der Waals surface area contributed by atoms with Gasteiger partial charge in [0.2, 0.25) is 0 Å². The van der Waals surface area contributed by atoms with Gasteiger partial charge in [-0.2, -0.15) is 5.10 Å². The number of likely N-dealkylation sites (tertiary alicyclic amines) is 1. The number of amides is 1. The van der Waals surface area contributed by atoms with E-state index in [2.05, 4.69) is 10.00 Å². The number of aryl methyl sites for hydroxylation is 3. The van der Waals surface area contributed by atoms with Crippen LogP contribution in [-0.4, -0.2) is 70.1 Å². The lowest BCUT2D eigenvalue weighted by molar-refractivity contribution is -0.141. The van der Waals surface area contributed by atoms with E-state index in [9.17, 15) is 19.1 Å². The monoisotopic (exact) mass is 563 g/mol. The zero-order valence-electron chi connectivity index (χ0n) is 23.8. The van der Waals surface area contributed by atoms with Crippen LogP contribution in [0.5, 0.6) is 0 Å². The average molecular weight is 564 g/mol. The molecule has 1 amide bonds. The minimum absolute atomic E-state index is 0.0537. The molecule has 3 aromatic rings. The molecule has 1 aromatic carbocycles. The van der Waals surface area contributed by atoms with Crippen LogP contribution < -0.4 is 4.90 Å². The van der Waals surface area contributed by atoms with Crippen LogP contribution in [0.2, 0.25) is 0 Å². The molecule has 218 valence electrons. The number of anilines is 1. The predicted molar refractivity (Wildman–Crippen MR) is 153 cm³/mol. The Morgan fingerprint density at radius 2 is 2.02 bits per heavy atom. The summed E-state index contributed by atoms with van der Waals surface area (Å²) in [6, 6.07) is 13.8. The van der Waals surface area contributed by atoms with E-state index in [0.717, 1.165) is 79.9 Å². The number of carbonyl (C=O) groups is 2. The number of rotatable bonds is 10. The summed E-state index contributed by atoms with van der Waals surface area (Å²) in [5.41, 5.74) is 5.04. The van der Waals surface area contributed by atoms with E-state index in [1.807, 2.05) is 43.3 Å². The third kappa shape index (κ3) is 6.75. The standard InChI is InChI=1S/C31H38FN5O4/c1-21-15-27(18-32)34-37(21)28-7-3-5-24(16-28)25(17-29(38)41-2)20-35-14-12-22(19-35)8-10-26-11-9-23-6-4-13-36(31(39)40)30(23)33-26/h3,5,7,9,11,15-16,22,25H,4,6,8,10,12-14,17-20H2,1-2H3,(H,39,40)/t22-,25?/m1/s1. The largest absolute Gasteiger partial charge is 0.469 e. The van der Waals surface area contributed by atoms with E-state index in [1.165, 1.54) is 12.0 Å². The summed E-state index contributed by atoms with van der Waals surface area (Å²) in [5.74, 6) is 0.787. The van der Waals surface area contributed by atoms with Crippen molar-refractivity contribution < 1.29 is 23.8 Å². The Hall–Kier alpha value is -3.79. The Morgan fingerprint density at radius 3 is 2.78 bits per heavy atom. The van der Waals surface area contributed by atoms with E-state index in [1.54, 1.807) is 10.7 Å². The molecule has 1 N–H and O–H groups in total. The highest BCUT2D eigenvalue weighted by atomic mass is 19.1. The number of halogens is 1. The minimum atomic E-state index is -0.946. The molecule has 2 aliphatic rings. The van der Waals surface area contributed by atoms with E-state index in [-0.39, 0.29) is 18.3 Å². The number of fused-ring (bicyclic) bond motifs is 1. The summed E-state index contributed by atoms with van der Waals surface area (Å²) in [4.78, 5) is 32.5. The van der Waals surface area contributed by atoms with Crippen LogP contribution in [-0.2, 0) is 29.0 Å². The molecule has 10 heteroatoms. The molecule has 5 rings (SSSR count). The Labute approximate surface area is 239 Å². The molecule has 2 aliphatic heterocycles. The topological polar surface area (TPSA) is 101 Å². The Kier molecular flexibility index (Phi) is 8.97. The lowest BCUT2D eigenvalue weighted by Crippen LogP contribution is -2.35. The van der Waals surface area contributed by atoms with Crippen LogP contribution in [0.4, 0.5) is 15.0 Å². The maximum atomic E-state index is 13.2. The SMILES string of the molecule is COC(=O)CC(CN1CC[C@@H](CCc2ccc3c(n2)N(C(=O)O)CCC3)C1)c1cccc(-n2nc(CF)cc2C)c1. The summed E-state index contributed by atoms with van der Waals surface area (Å²) in [6.45, 7) is 4.39. The van der Waals surface area contributed by atoms with Crippen molar-refractivity contribution in [1.29, 1.82) is 0 Å². The summed E-state index contributed by atoms with van der Waals surface area (Å²) in [6.07, 6.45) is 3.85. The second-order valence-electron chi connectivity index (χ2n) is 11.2. The number of hydrogen-bond donors (Lipinski definition) is 1. The molecule has 0 radical (unpaired) electrons. The number of hydrogen-bond acceptors (Lipinski definition) is 6. The number of pyridine rings is 1. The second kappa shape index (κ2) is 12.8. The zero-order valence-corrected chi connectivity index (χ0v) is 23.8. The van der Waals surface area contributed by atoms with Crippen LogP contribution in [0.3, 0.4) is 0 Å². The molecular formula is C31H38FN5O4. The normalized spacial score (nSPS) is 17.8. The highest BCUT2D eigenvalue weighted by molar-refractivity contribution is 5.86. The first kappa shape index (κ1) is 28.7. The maximum Gasteiger partial charge on any atom is 0.413 e. The molecule has 9 nitrogen and oxygen atoms in total. The number of methoxy groups -OCH3 is 1. The van der Waals surface area contributed by atoms with Gasteiger partial charge in [-0.1, -0.05) is 18.2 Å². The van der Waals surface area contributed by atoms with E-state index in [4.69, 9.17) is 9.72 Å². The third-order valence-corrected chi connectivity index (χ3v) is 8.29. The number of carbonyl (C=O) groups excluding carboxylic acids is 1. The Morgan fingerprint density at radius 1 is 1.17 bits per heavy atom. The number of ether oxygens (including phenoxy) is 1. The van der Waals surface area contributed by atoms with E-state index < -0.39 is 12.8 Å². The summed E-state index contributed by atoms with van der Waals surface area (Å²) < 4.78 is 20.0. The van der Waals surface area contributed by atoms with Crippen molar-refractivity contribution in [3.63, 3.8) is 0 Å². The van der Waals surface area contributed by atoms with Gasteiger partial charge in [0, 0.05) is 36.9 Å². The molecule has 41 heavy (non-hydrogen) atoms. The number of carboxylic acid groups (broad SMARTS) is 1. The maximum absolute atomic E-state index is 13.2. The van der Waals surface area contributed by atoms with Gasteiger partial charge >= 0.3 is 12.1 Å². The van der Waals surface area contributed by atoms with Crippen LogP contribution in [0.1, 0.15) is 59.8 Å². The number of alkyl halides is 1. The molecular weight excluding hydrogens is 525 g/mol. The van der Waals surface area contributed by atoms with Gasteiger partial charge in [0.1, 0.15) is 12.5 Å². The minimum Gasteiger partial charge on any atom is -0.469 e. The van der Waals surface area contributed by atoms with Crippen LogP contribution in [0.15, 0.2) is 42.5 Å². The lowest BCUT2D eigenvalue weighted by Gasteiger charge is -2.26. The summed E-state index contributed by atoms with van der Waals surface area (Å²) in [7, 11) is 1.41. The number of esters is 1. The van der Waals surface area contributed by atoms with Crippen molar-refractivity contribution in [2.24, 2.45) is 5.92 Å². The van der Waals surface area contributed by atoms with Gasteiger partial charge in [0.15, 0.2) is 0 Å². The van der Waals surface area contributed by atoms with Gasteiger partial charge in [-0.05, 0) is 86.9 Å². The van der Waals surface area contributed by atoms with Crippen molar-refractivity contribution in [3.8, 4) is 5.69 Å². The van der Waals surface area contributed by atoms with Gasteiger partial charge in [0.05, 0.1) is 24.9 Å². The van der Waals surface area contributed by atoms with Crippen LogP contribution >= 0.6 is 0 Å². The smallest absolute Gasteiger partial charge is 0.413 e. The van der Waals surface area contributed by atoms with Crippen molar-refractivity contribution in [3.05, 3.63) is 70.7 Å². The molecule has 1 saturated heterocycles. The van der Waals surface area contributed by atoms with Crippen molar-refractivity contribution >= 4 is 17.9 Å². The van der Waals surface area contributed by atoms with Gasteiger partial charge in [-0.3, -0.25) is 9.69 Å². The van der Waals surface area contributed by atoms with Gasteiger partial charge in [-0.15, -0.1) is 0 Å². The third-order valence-electron chi connectivity index (χ3n) is 8.29. The lowest BCUT2D eigenvalue weighted by atomic mass is 9.94. The molecule has 0 bridgehead atoms.